The van der Waals surface area contributed by atoms with Gasteiger partial charge in [0.1, 0.15) is 17.7 Å². The summed E-state index contributed by atoms with van der Waals surface area (Å²) in [5, 5.41) is 16.6. The van der Waals surface area contributed by atoms with Crippen molar-refractivity contribution in [1.29, 1.82) is 0 Å². The number of allylic oxidation sites excluding steroid dienone is 1. The highest BCUT2D eigenvalue weighted by atomic mass is 19.4. The molecule has 0 saturated heterocycles. The van der Waals surface area contributed by atoms with Gasteiger partial charge in [-0.05, 0) is 67.8 Å². The molecule has 4 aromatic rings. The summed E-state index contributed by atoms with van der Waals surface area (Å²) in [6.07, 6.45) is -1.66. The molecule has 12 heteroatoms. The van der Waals surface area contributed by atoms with Crippen molar-refractivity contribution in [2.75, 3.05) is 11.4 Å². The molecular formula is C33H28F4N4O4. The number of aliphatic carboxylic acids is 1. The lowest BCUT2D eigenvalue weighted by Gasteiger charge is -2.38. The molecule has 0 unspecified atom stereocenters. The van der Waals surface area contributed by atoms with E-state index in [1.807, 2.05) is 6.07 Å². The van der Waals surface area contributed by atoms with Gasteiger partial charge in [0.15, 0.2) is 0 Å². The summed E-state index contributed by atoms with van der Waals surface area (Å²) in [7, 11) is 0. The Bertz CT molecular complexity index is 1750. The predicted octanol–water partition coefficient (Wildman–Crippen LogP) is 5.90. The Labute approximate surface area is 255 Å². The number of alkyl halides is 3. The van der Waals surface area contributed by atoms with E-state index in [2.05, 4.69) is 5.32 Å². The fraction of sp³-hybridized carbons (Fsp3) is 0.212. The molecule has 45 heavy (non-hydrogen) atoms. The highest BCUT2D eigenvalue weighted by Gasteiger charge is 2.46. The second-order valence-corrected chi connectivity index (χ2v) is 10.4. The average molecular weight is 621 g/mol. The lowest BCUT2D eigenvalue weighted by atomic mass is 9.80. The number of aromatic nitrogens is 2. The first-order valence-electron chi connectivity index (χ1n) is 14.1. The van der Waals surface area contributed by atoms with Crippen LogP contribution >= 0.6 is 0 Å². The predicted molar refractivity (Wildman–Crippen MR) is 158 cm³/mol. The minimum absolute atomic E-state index is 0.161. The van der Waals surface area contributed by atoms with Gasteiger partial charge in [-0.3, -0.25) is 14.5 Å². The highest BCUT2D eigenvalue weighted by Crippen LogP contribution is 2.44. The maximum atomic E-state index is 14.2. The summed E-state index contributed by atoms with van der Waals surface area (Å²) in [5.41, 5.74) is 0.844. The van der Waals surface area contributed by atoms with Crippen molar-refractivity contribution >= 4 is 23.6 Å². The molecule has 1 aliphatic heterocycles. The van der Waals surface area contributed by atoms with Crippen LogP contribution in [0.4, 0.5) is 23.4 Å². The monoisotopic (exact) mass is 620 g/mol. The van der Waals surface area contributed by atoms with Crippen molar-refractivity contribution in [3.63, 3.8) is 0 Å². The molecule has 0 aliphatic carbocycles. The summed E-state index contributed by atoms with van der Waals surface area (Å²) < 4.78 is 55.9. The molecule has 0 saturated carbocycles. The van der Waals surface area contributed by atoms with Crippen molar-refractivity contribution in [3.8, 4) is 5.69 Å². The van der Waals surface area contributed by atoms with Gasteiger partial charge in [-0.1, -0.05) is 42.5 Å². The van der Waals surface area contributed by atoms with Gasteiger partial charge in [0, 0.05) is 29.7 Å². The van der Waals surface area contributed by atoms with Gasteiger partial charge in [-0.15, -0.1) is 0 Å². The molecule has 5 rings (SSSR count). The number of fused-ring (bicyclic) bond motifs is 1. The van der Waals surface area contributed by atoms with Crippen molar-refractivity contribution in [3.05, 3.63) is 125 Å². The van der Waals surface area contributed by atoms with E-state index in [9.17, 15) is 31.9 Å². The Morgan fingerprint density at radius 1 is 1.02 bits per heavy atom. The summed E-state index contributed by atoms with van der Waals surface area (Å²) >= 11 is 0. The van der Waals surface area contributed by atoms with E-state index >= 15 is 0 Å². The van der Waals surface area contributed by atoms with Crippen LogP contribution in [0.1, 0.15) is 52.0 Å². The molecule has 232 valence electrons. The zero-order valence-corrected chi connectivity index (χ0v) is 24.0. The normalized spacial score (nSPS) is 16.6. The van der Waals surface area contributed by atoms with Crippen LogP contribution in [0.2, 0.25) is 0 Å². The smallest absolute Gasteiger partial charge is 0.416 e. The van der Waals surface area contributed by atoms with Crippen LogP contribution in [-0.4, -0.2) is 45.3 Å². The van der Waals surface area contributed by atoms with Gasteiger partial charge >= 0.3 is 12.1 Å². The summed E-state index contributed by atoms with van der Waals surface area (Å²) in [6, 6.07) is 17.0. The number of nitrogens with one attached hydrogen (secondary N) is 1. The van der Waals surface area contributed by atoms with Crippen LogP contribution in [-0.2, 0) is 22.2 Å². The van der Waals surface area contributed by atoms with Gasteiger partial charge in [0.25, 0.3) is 11.8 Å². The third-order valence-corrected chi connectivity index (χ3v) is 7.50. The number of carboxylic acid groups (broad SMARTS) is 1. The van der Waals surface area contributed by atoms with Crippen LogP contribution < -0.4 is 10.2 Å². The average Bonchev–Trinajstić information content (AvgIpc) is 3.39. The molecule has 0 radical (unpaired) electrons. The second kappa shape index (κ2) is 12.8. The van der Waals surface area contributed by atoms with Crippen LogP contribution in [0.25, 0.3) is 5.69 Å². The van der Waals surface area contributed by atoms with Crippen molar-refractivity contribution in [2.24, 2.45) is 0 Å². The van der Waals surface area contributed by atoms with E-state index in [0.29, 0.717) is 34.4 Å². The van der Waals surface area contributed by atoms with E-state index < -0.39 is 47.3 Å². The minimum atomic E-state index is -4.68. The molecule has 2 amide bonds. The number of likely N-dealkylation sites (N-methyl/N-ethyl adjacent to an activating group) is 1. The van der Waals surface area contributed by atoms with Gasteiger partial charge in [0.05, 0.1) is 16.9 Å². The summed E-state index contributed by atoms with van der Waals surface area (Å²) in [5.74, 6) is -3.57. The molecule has 0 fully saturated rings. The number of halogens is 4. The number of nitrogens with zero attached hydrogens (tertiary/aromatic N) is 3. The Kier molecular flexibility index (Phi) is 8.84. The van der Waals surface area contributed by atoms with Crippen molar-refractivity contribution < 1.29 is 37.1 Å². The first-order valence-corrected chi connectivity index (χ1v) is 14.1. The lowest BCUT2D eigenvalue weighted by Crippen LogP contribution is -2.55. The minimum Gasteiger partial charge on any atom is -0.478 e. The topological polar surface area (TPSA) is 105 Å². The molecule has 2 N–H and O–H groups in total. The van der Waals surface area contributed by atoms with E-state index in [1.165, 1.54) is 41.3 Å². The first-order chi connectivity index (χ1) is 21.5. The third-order valence-electron chi connectivity index (χ3n) is 7.50. The first kappa shape index (κ1) is 31.2. The highest BCUT2D eigenvalue weighted by molar-refractivity contribution is 6.05. The number of carbonyl (C=O) groups excluding carboxylic acids is 2. The molecule has 3 aromatic carbocycles. The van der Waals surface area contributed by atoms with Gasteiger partial charge < -0.3 is 10.4 Å². The number of amides is 2. The SMILES string of the molecule is CCN1C(=O)[C@H](NC(=O)c2cccc(C(F)(F)F)c2)[C@H](c2ccc(F)cc2)c2c(CC/C=C\C(=O)O)nn(-c3ccccc3)c21. The Balaban J connectivity index is 1.68. The van der Waals surface area contributed by atoms with Gasteiger partial charge in [0.2, 0.25) is 0 Å². The number of para-hydroxylation sites is 1. The van der Waals surface area contributed by atoms with Gasteiger partial charge in [-0.2, -0.15) is 18.3 Å². The van der Waals surface area contributed by atoms with E-state index in [1.54, 1.807) is 35.9 Å². The van der Waals surface area contributed by atoms with E-state index in [4.69, 9.17) is 10.2 Å². The molecule has 2 atom stereocenters. The molecule has 1 aliphatic rings. The molecule has 1 aromatic heterocycles. The number of carboxylic acids is 1. The number of anilines is 1. The number of hydrogen-bond donors (Lipinski definition) is 2. The Morgan fingerprint density at radius 2 is 1.73 bits per heavy atom. The third kappa shape index (κ3) is 6.49. The molecule has 0 spiro atoms. The zero-order valence-electron chi connectivity index (χ0n) is 24.0. The number of benzene rings is 3. The number of carbonyl (C=O) groups is 3. The standard InChI is InChI=1S/C33H28F4N4O4/c1-2-40-31-28(25(13-6-7-14-26(42)43)39-41(31)24-11-4-3-5-12-24)27(20-15-17-23(34)18-16-20)29(32(40)45)38-30(44)21-9-8-10-22(19-21)33(35,36)37/h3-5,7-12,14-19,27,29H,2,6,13H2,1H3,(H,38,44)(H,42,43)/b14-7-/t27-,29-/m1/s1. The van der Waals surface area contributed by atoms with Gasteiger partial charge in [-0.25, -0.2) is 13.9 Å². The van der Waals surface area contributed by atoms with E-state index in [-0.39, 0.29) is 24.9 Å². The Morgan fingerprint density at radius 3 is 2.38 bits per heavy atom. The Hall–Kier alpha value is -5.26. The largest absolute Gasteiger partial charge is 0.478 e. The fourth-order valence-corrected chi connectivity index (χ4v) is 5.50. The quantitative estimate of drug-likeness (QED) is 0.179. The van der Waals surface area contributed by atoms with Crippen LogP contribution in [0, 0.1) is 5.82 Å². The lowest BCUT2D eigenvalue weighted by molar-refractivity contribution is -0.137. The maximum Gasteiger partial charge on any atom is 0.416 e. The van der Waals surface area contributed by atoms with Crippen molar-refractivity contribution in [1.82, 2.24) is 15.1 Å². The molecule has 0 bridgehead atoms. The molecular weight excluding hydrogens is 592 g/mol. The fourth-order valence-electron chi connectivity index (χ4n) is 5.50. The molecule has 8 nitrogen and oxygen atoms in total. The summed E-state index contributed by atoms with van der Waals surface area (Å²) in [6.45, 7) is 1.90. The van der Waals surface area contributed by atoms with Crippen molar-refractivity contribution in [2.45, 2.75) is 37.9 Å². The van der Waals surface area contributed by atoms with Crippen LogP contribution in [0.15, 0.2) is 91.0 Å². The second-order valence-electron chi connectivity index (χ2n) is 10.4. The molecule has 2 heterocycles. The van der Waals surface area contributed by atoms with Crippen LogP contribution in [0.3, 0.4) is 0 Å². The maximum absolute atomic E-state index is 14.2. The zero-order chi connectivity index (χ0) is 32.3. The van der Waals surface area contributed by atoms with Crippen LogP contribution in [0.5, 0.6) is 0 Å². The number of aryl methyl sites for hydroxylation is 1. The number of hydrogen-bond acceptors (Lipinski definition) is 4. The summed E-state index contributed by atoms with van der Waals surface area (Å²) in [4.78, 5) is 40.2. The number of rotatable bonds is 9. The van der Waals surface area contributed by atoms with E-state index in [0.717, 1.165) is 18.2 Å².